The van der Waals surface area contributed by atoms with Gasteiger partial charge in [0, 0.05) is 6.42 Å². The Morgan fingerprint density at radius 3 is 3.00 bits per heavy atom. The Balaban J connectivity index is 2.20. The number of aromatic nitrogens is 1. The molecule has 5 nitrogen and oxygen atoms in total. The molecule has 3 rings (SSSR count). The van der Waals surface area contributed by atoms with Gasteiger partial charge in [-0.1, -0.05) is 19.1 Å². The standard InChI is InChI=1S/C15H13FN4O/c1-2-11-19-13-12(8-4-3-5-9(16)6-8)10(7-17)14(18)20-15(13)21-11/h3-6,12,20H,2,18H2,1H3/t12-/m1/s1. The molecule has 0 saturated carbocycles. The van der Waals surface area contributed by atoms with Crippen LogP contribution in [0.2, 0.25) is 0 Å². The number of fused-ring (bicyclic) bond motifs is 1. The van der Waals surface area contributed by atoms with E-state index in [4.69, 9.17) is 10.2 Å². The monoisotopic (exact) mass is 284 g/mol. The molecule has 1 aliphatic heterocycles. The van der Waals surface area contributed by atoms with Gasteiger partial charge < -0.3 is 15.5 Å². The predicted molar refractivity (Wildman–Crippen MR) is 74.6 cm³/mol. The van der Waals surface area contributed by atoms with E-state index < -0.39 is 5.92 Å². The number of oxazole rings is 1. The molecule has 1 aliphatic rings. The average Bonchev–Trinajstić information content (AvgIpc) is 2.88. The molecule has 0 radical (unpaired) electrons. The van der Waals surface area contributed by atoms with Crippen molar-refractivity contribution >= 4 is 5.88 Å². The van der Waals surface area contributed by atoms with Crippen LogP contribution in [-0.2, 0) is 6.42 Å². The number of benzene rings is 1. The molecule has 0 unspecified atom stereocenters. The lowest BCUT2D eigenvalue weighted by atomic mass is 9.87. The second-order valence-corrected chi connectivity index (χ2v) is 4.73. The van der Waals surface area contributed by atoms with Crippen LogP contribution in [0.15, 0.2) is 40.1 Å². The first-order valence-electron chi connectivity index (χ1n) is 6.55. The number of allylic oxidation sites excluding steroid dienone is 1. The molecule has 1 aromatic carbocycles. The molecule has 0 fully saturated rings. The van der Waals surface area contributed by atoms with E-state index >= 15 is 0 Å². The number of nitrogens with one attached hydrogen (secondary N) is 1. The molecule has 0 aliphatic carbocycles. The van der Waals surface area contributed by atoms with Crippen molar-refractivity contribution in [3.8, 4) is 6.07 Å². The van der Waals surface area contributed by atoms with Crippen LogP contribution in [0.3, 0.4) is 0 Å². The third-order valence-electron chi connectivity index (χ3n) is 3.40. The molecule has 0 bridgehead atoms. The highest BCUT2D eigenvalue weighted by molar-refractivity contribution is 5.61. The zero-order valence-electron chi connectivity index (χ0n) is 11.4. The number of nitrogens with two attached hydrogens (primary N) is 1. The Bertz CT molecular complexity index is 772. The highest BCUT2D eigenvalue weighted by Crippen LogP contribution is 2.40. The van der Waals surface area contributed by atoms with Gasteiger partial charge in [-0.25, -0.2) is 9.37 Å². The number of nitriles is 1. The lowest BCUT2D eigenvalue weighted by Crippen LogP contribution is -2.22. The topological polar surface area (TPSA) is 87.9 Å². The van der Waals surface area contributed by atoms with E-state index in [9.17, 15) is 9.65 Å². The van der Waals surface area contributed by atoms with Crippen molar-refractivity contribution < 1.29 is 8.81 Å². The van der Waals surface area contributed by atoms with Crippen LogP contribution >= 0.6 is 0 Å². The summed E-state index contributed by atoms with van der Waals surface area (Å²) in [6.07, 6.45) is 0.617. The van der Waals surface area contributed by atoms with E-state index in [2.05, 4.69) is 16.4 Å². The summed E-state index contributed by atoms with van der Waals surface area (Å²) in [5.41, 5.74) is 7.37. The van der Waals surface area contributed by atoms with Gasteiger partial charge in [0.1, 0.15) is 17.3 Å². The van der Waals surface area contributed by atoms with Gasteiger partial charge in [0.05, 0.1) is 17.6 Å². The highest BCUT2D eigenvalue weighted by Gasteiger charge is 2.33. The summed E-state index contributed by atoms with van der Waals surface area (Å²) >= 11 is 0. The van der Waals surface area contributed by atoms with Gasteiger partial charge >= 0.3 is 0 Å². The van der Waals surface area contributed by atoms with Crippen LogP contribution in [0.4, 0.5) is 10.3 Å². The summed E-state index contributed by atoms with van der Waals surface area (Å²) in [6, 6.07) is 8.15. The van der Waals surface area contributed by atoms with Crippen molar-refractivity contribution in [3.63, 3.8) is 0 Å². The summed E-state index contributed by atoms with van der Waals surface area (Å²) in [7, 11) is 0. The van der Waals surface area contributed by atoms with E-state index in [0.29, 0.717) is 35.0 Å². The van der Waals surface area contributed by atoms with E-state index in [1.54, 1.807) is 12.1 Å². The minimum atomic E-state index is -0.522. The number of hydrogen-bond donors (Lipinski definition) is 2. The Morgan fingerprint density at radius 1 is 1.52 bits per heavy atom. The fourth-order valence-corrected chi connectivity index (χ4v) is 2.43. The summed E-state index contributed by atoms with van der Waals surface area (Å²) in [5, 5.41) is 12.2. The van der Waals surface area contributed by atoms with Crippen LogP contribution in [0, 0.1) is 17.1 Å². The zero-order valence-corrected chi connectivity index (χ0v) is 11.4. The van der Waals surface area contributed by atoms with Crippen LogP contribution in [0.5, 0.6) is 0 Å². The molecule has 0 amide bonds. The molecule has 2 heterocycles. The maximum absolute atomic E-state index is 13.5. The van der Waals surface area contributed by atoms with Crippen molar-refractivity contribution in [2.24, 2.45) is 5.73 Å². The number of hydrogen-bond acceptors (Lipinski definition) is 5. The average molecular weight is 284 g/mol. The first-order chi connectivity index (χ1) is 10.1. The number of rotatable bonds is 2. The first kappa shape index (κ1) is 13.2. The van der Waals surface area contributed by atoms with Gasteiger partial charge in [0.2, 0.25) is 5.88 Å². The number of nitrogens with zero attached hydrogens (tertiary/aromatic N) is 2. The maximum Gasteiger partial charge on any atom is 0.223 e. The molecule has 106 valence electrons. The van der Waals surface area contributed by atoms with Gasteiger partial charge in [-0.15, -0.1) is 0 Å². The zero-order chi connectivity index (χ0) is 15.0. The van der Waals surface area contributed by atoms with Gasteiger partial charge in [-0.3, -0.25) is 0 Å². The lowest BCUT2D eigenvalue weighted by Gasteiger charge is -2.22. The van der Waals surface area contributed by atoms with Crippen molar-refractivity contribution in [2.45, 2.75) is 19.3 Å². The highest BCUT2D eigenvalue weighted by atomic mass is 19.1. The van der Waals surface area contributed by atoms with E-state index in [1.165, 1.54) is 12.1 Å². The minimum absolute atomic E-state index is 0.207. The van der Waals surface area contributed by atoms with Gasteiger partial charge in [0.25, 0.3) is 0 Å². The maximum atomic E-state index is 13.5. The number of halogens is 1. The molecule has 0 saturated heterocycles. The third kappa shape index (κ3) is 2.13. The fourth-order valence-electron chi connectivity index (χ4n) is 2.43. The summed E-state index contributed by atoms with van der Waals surface area (Å²) < 4.78 is 19.1. The Kier molecular flexibility index (Phi) is 3.10. The van der Waals surface area contributed by atoms with Crippen molar-refractivity contribution in [1.82, 2.24) is 4.98 Å². The van der Waals surface area contributed by atoms with Gasteiger partial charge in [0.15, 0.2) is 5.89 Å². The second kappa shape index (κ2) is 4.94. The molecule has 2 aromatic rings. The normalized spacial score (nSPS) is 17.1. The smallest absolute Gasteiger partial charge is 0.223 e. The first-order valence-corrected chi connectivity index (χ1v) is 6.55. The Morgan fingerprint density at radius 2 is 2.33 bits per heavy atom. The molecule has 0 spiro atoms. The molecule has 3 N–H and O–H groups in total. The number of aryl methyl sites for hydroxylation is 1. The Labute approximate surface area is 120 Å². The molecule has 6 heteroatoms. The Hall–Kier alpha value is -2.81. The molecular formula is C15H13FN4O. The van der Waals surface area contributed by atoms with Crippen molar-refractivity contribution in [3.05, 3.63) is 58.6 Å². The fraction of sp³-hybridized carbons (Fsp3) is 0.200. The SMILES string of the molecule is CCc1nc2c(o1)NC(N)=C(C#N)[C@H]2c1cccc(F)c1. The summed E-state index contributed by atoms with van der Waals surface area (Å²) in [5.74, 6) is 0.269. The molecule has 1 atom stereocenters. The van der Waals surface area contributed by atoms with Crippen LogP contribution < -0.4 is 11.1 Å². The van der Waals surface area contributed by atoms with Crippen molar-refractivity contribution in [2.75, 3.05) is 5.32 Å². The number of anilines is 1. The second-order valence-electron chi connectivity index (χ2n) is 4.73. The molecule has 1 aromatic heterocycles. The van der Waals surface area contributed by atoms with Gasteiger partial charge in [-0.2, -0.15) is 5.26 Å². The van der Waals surface area contributed by atoms with Crippen LogP contribution in [-0.4, -0.2) is 4.98 Å². The largest absolute Gasteiger partial charge is 0.425 e. The quantitative estimate of drug-likeness (QED) is 0.885. The third-order valence-corrected chi connectivity index (χ3v) is 3.40. The molecular weight excluding hydrogens is 271 g/mol. The predicted octanol–water partition coefficient (Wildman–Crippen LogP) is 2.63. The van der Waals surface area contributed by atoms with Crippen LogP contribution in [0.1, 0.15) is 30.0 Å². The van der Waals surface area contributed by atoms with Gasteiger partial charge in [-0.05, 0) is 17.7 Å². The summed E-state index contributed by atoms with van der Waals surface area (Å²) in [6.45, 7) is 1.91. The minimum Gasteiger partial charge on any atom is -0.425 e. The lowest BCUT2D eigenvalue weighted by molar-refractivity contribution is 0.514. The molecule has 21 heavy (non-hydrogen) atoms. The van der Waals surface area contributed by atoms with E-state index in [-0.39, 0.29) is 11.6 Å². The van der Waals surface area contributed by atoms with E-state index in [1.807, 2.05) is 6.92 Å². The summed E-state index contributed by atoms with van der Waals surface area (Å²) in [4.78, 5) is 4.40. The van der Waals surface area contributed by atoms with E-state index in [0.717, 1.165) is 0 Å². The van der Waals surface area contributed by atoms with Crippen molar-refractivity contribution in [1.29, 1.82) is 5.26 Å². The van der Waals surface area contributed by atoms with Crippen LogP contribution in [0.25, 0.3) is 0 Å².